The van der Waals surface area contributed by atoms with Crippen LogP contribution in [0.1, 0.15) is 18.5 Å². The van der Waals surface area contributed by atoms with Crippen molar-refractivity contribution in [3.8, 4) is 0 Å². The van der Waals surface area contributed by atoms with E-state index in [0.29, 0.717) is 5.02 Å². The summed E-state index contributed by atoms with van der Waals surface area (Å²) in [4.78, 5) is 0. The van der Waals surface area contributed by atoms with Gasteiger partial charge >= 0.3 is 0 Å². The lowest BCUT2D eigenvalue weighted by Gasteiger charge is -2.16. The van der Waals surface area contributed by atoms with Crippen LogP contribution in [-0.4, -0.2) is 11.2 Å². The molecule has 1 rings (SSSR count). The quantitative estimate of drug-likeness (QED) is 0.862. The SMILES string of the molecule is C[C@H](O)[C@H](N)c1cccc(Br)c1Cl. The summed E-state index contributed by atoms with van der Waals surface area (Å²) in [6.07, 6.45) is -0.605. The lowest BCUT2D eigenvalue weighted by atomic mass is 10.0. The van der Waals surface area contributed by atoms with Crippen molar-refractivity contribution in [2.24, 2.45) is 5.73 Å². The highest BCUT2D eigenvalue weighted by Crippen LogP contribution is 2.30. The van der Waals surface area contributed by atoms with Crippen LogP contribution < -0.4 is 5.73 Å². The highest BCUT2D eigenvalue weighted by molar-refractivity contribution is 9.10. The van der Waals surface area contributed by atoms with Crippen LogP contribution >= 0.6 is 27.5 Å². The molecule has 0 radical (unpaired) electrons. The van der Waals surface area contributed by atoms with Crippen LogP contribution in [0.4, 0.5) is 0 Å². The van der Waals surface area contributed by atoms with Crippen LogP contribution in [0.2, 0.25) is 5.02 Å². The van der Waals surface area contributed by atoms with Crippen LogP contribution in [0, 0.1) is 0 Å². The normalized spacial score (nSPS) is 15.5. The summed E-state index contributed by atoms with van der Waals surface area (Å²) in [7, 11) is 0. The molecule has 4 heteroatoms. The second-order valence-electron chi connectivity index (χ2n) is 2.91. The van der Waals surface area contributed by atoms with Gasteiger partial charge in [-0.1, -0.05) is 23.7 Å². The van der Waals surface area contributed by atoms with Crippen molar-refractivity contribution < 1.29 is 5.11 Å². The van der Waals surface area contributed by atoms with Gasteiger partial charge in [0.05, 0.1) is 17.2 Å². The summed E-state index contributed by atoms with van der Waals surface area (Å²) >= 11 is 9.29. The largest absolute Gasteiger partial charge is 0.391 e. The molecule has 3 N–H and O–H groups in total. The third-order valence-corrected chi connectivity index (χ3v) is 3.17. The summed E-state index contributed by atoms with van der Waals surface area (Å²) in [5, 5.41) is 9.86. The molecular weight excluding hydrogens is 253 g/mol. The van der Waals surface area contributed by atoms with Gasteiger partial charge in [-0.2, -0.15) is 0 Å². The van der Waals surface area contributed by atoms with Gasteiger partial charge in [0.1, 0.15) is 0 Å². The maximum absolute atomic E-state index is 9.29. The molecule has 0 aliphatic heterocycles. The molecule has 0 saturated carbocycles. The van der Waals surface area contributed by atoms with Crippen molar-refractivity contribution in [1.82, 2.24) is 0 Å². The van der Waals surface area contributed by atoms with E-state index in [9.17, 15) is 5.11 Å². The molecule has 72 valence electrons. The van der Waals surface area contributed by atoms with E-state index in [1.165, 1.54) is 0 Å². The van der Waals surface area contributed by atoms with Crippen LogP contribution in [0.5, 0.6) is 0 Å². The van der Waals surface area contributed by atoms with Gasteiger partial charge in [0, 0.05) is 4.47 Å². The Bertz CT molecular complexity index is 304. The minimum absolute atomic E-state index is 0.440. The Morgan fingerprint density at radius 1 is 1.54 bits per heavy atom. The smallest absolute Gasteiger partial charge is 0.0705 e. The van der Waals surface area contributed by atoms with Gasteiger partial charge in [0.15, 0.2) is 0 Å². The van der Waals surface area contributed by atoms with E-state index >= 15 is 0 Å². The van der Waals surface area contributed by atoms with Gasteiger partial charge in [-0.25, -0.2) is 0 Å². The predicted molar refractivity (Wildman–Crippen MR) is 57.8 cm³/mol. The standard InChI is InChI=1S/C9H11BrClNO/c1-5(13)9(12)6-3-2-4-7(10)8(6)11/h2-5,9,13H,12H2,1H3/t5-,9-/m0/s1. The second kappa shape index (κ2) is 4.42. The summed E-state index contributed by atoms with van der Waals surface area (Å²) in [6, 6.07) is 5.04. The van der Waals surface area contributed by atoms with E-state index in [1.807, 2.05) is 18.2 Å². The van der Waals surface area contributed by atoms with E-state index in [1.54, 1.807) is 6.92 Å². The number of hydrogen-bond donors (Lipinski definition) is 2. The molecule has 2 nitrogen and oxygen atoms in total. The Labute approximate surface area is 90.8 Å². The van der Waals surface area contributed by atoms with Crippen molar-refractivity contribution in [2.75, 3.05) is 0 Å². The fourth-order valence-electron chi connectivity index (χ4n) is 1.04. The topological polar surface area (TPSA) is 46.2 Å². The maximum Gasteiger partial charge on any atom is 0.0705 e. The number of rotatable bonds is 2. The summed E-state index contributed by atoms with van der Waals surface area (Å²) in [5.41, 5.74) is 6.51. The van der Waals surface area contributed by atoms with Gasteiger partial charge in [0.25, 0.3) is 0 Å². The molecule has 0 amide bonds. The third kappa shape index (κ3) is 2.44. The Balaban J connectivity index is 3.07. The number of hydrogen-bond acceptors (Lipinski definition) is 2. The first-order valence-corrected chi connectivity index (χ1v) is 5.08. The monoisotopic (exact) mass is 263 g/mol. The van der Waals surface area contributed by atoms with E-state index in [0.717, 1.165) is 10.0 Å². The molecule has 0 unspecified atom stereocenters. The number of aliphatic hydroxyl groups excluding tert-OH is 1. The Hall–Kier alpha value is -0.0900. The first-order valence-electron chi connectivity index (χ1n) is 3.91. The molecule has 0 aromatic heterocycles. The predicted octanol–water partition coefficient (Wildman–Crippen LogP) is 2.48. The van der Waals surface area contributed by atoms with Crippen molar-refractivity contribution in [1.29, 1.82) is 0 Å². The van der Waals surface area contributed by atoms with Crippen LogP contribution in [0.15, 0.2) is 22.7 Å². The maximum atomic E-state index is 9.29. The Kier molecular flexibility index (Phi) is 3.74. The lowest BCUT2D eigenvalue weighted by Crippen LogP contribution is -2.23. The third-order valence-electron chi connectivity index (χ3n) is 1.86. The molecule has 0 saturated heterocycles. The number of nitrogens with two attached hydrogens (primary N) is 1. The van der Waals surface area contributed by atoms with Crippen molar-refractivity contribution in [3.05, 3.63) is 33.3 Å². The molecule has 1 aromatic carbocycles. The molecule has 0 bridgehead atoms. The molecular formula is C9H11BrClNO. The highest BCUT2D eigenvalue weighted by Gasteiger charge is 2.16. The minimum atomic E-state index is -0.605. The van der Waals surface area contributed by atoms with E-state index in [2.05, 4.69) is 15.9 Å². The zero-order valence-corrected chi connectivity index (χ0v) is 9.51. The summed E-state index contributed by atoms with van der Waals surface area (Å²) in [6.45, 7) is 1.64. The van der Waals surface area contributed by atoms with Gasteiger partial charge in [-0.3, -0.25) is 0 Å². The van der Waals surface area contributed by atoms with E-state index in [-0.39, 0.29) is 0 Å². The van der Waals surface area contributed by atoms with Crippen LogP contribution in [0.25, 0.3) is 0 Å². The zero-order valence-electron chi connectivity index (χ0n) is 7.17. The molecule has 2 atom stereocenters. The summed E-state index contributed by atoms with van der Waals surface area (Å²) < 4.78 is 0.794. The molecule has 0 spiro atoms. The van der Waals surface area contributed by atoms with Gasteiger partial charge in [-0.15, -0.1) is 0 Å². The van der Waals surface area contributed by atoms with Crippen molar-refractivity contribution in [2.45, 2.75) is 19.1 Å². The fraction of sp³-hybridized carbons (Fsp3) is 0.333. The fourth-order valence-corrected chi connectivity index (χ4v) is 1.67. The first-order chi connectivity index (χ1) is 6.04. The highest BCUT2D eigenvalue weighted by atomic mass is 79.9. The molecule has 0 aliphatic rings. The molecule has 0 aliphatic carbocycles. The van der Waals surface area contributed by atoms with Gasteiger partial charge in [-0.05, 0) is 34.5 Å². The van der Waals surface area contributed by atoms with Crippen molar-refractivity contribution >= 4 is 27.5 Å². The first kappa shape index (κ1) is 11.0. The second-order valence-corrected chi connectivity index (χ2v) is 4.14. The molecule has 13 heavy (non-hydrogen) atoms. The van der Waals surface area contributed by atoms with Gasteiger partial charge < -0.3 is 10.8 Å². The molecule has 1 aromatic rings. The van der Waals surface area contributed by atoms with E-state index in [4.69, 9.17) is 17.3 Å². The van der Waals surface area contributed by atoms with Crippen LogP contribution in [-0.2, 0) is 0 Å². The number of halogens is 2. The average Bonchev–Trinajstić information content (AvgIpc) is 2.08. The van der Waals surface area contributed by atoms with Crippen molar-refractivity contribution in [3.63, 3.8) is 0 Å². The summed E-state index contributed by atoms with van der Waals surface area (Å²) in [5.74, 6) is 0. The average molecular weight is 265 g/mol. The van der Waals surface area contributed by atoms with Gasteiger partial charge in [0.2, 0.25) is 0 Å². The minimum Gasteiger partial charge on any atom is -0.391 e. The molecule has 0 fully saturated rings. The number of benzene rings is 1. The number of aliphatic hydroxyl groups is 1. The Morgan fingerprint density at radius 2 is 2.15 bits per heavy atom. The van der Waals surface area contributed by atoms with E-state index < -0.39 is 12.1 Å². The zero-order chi connectivity index (χ0) is 10.0. The Morgan fingerprint density at radius 3 is 2.69 bits per heavy atom. The molecule has 0 heterocycles. The van der Waals surface area contributed by atoms with Crippen LogP contribution in [0.3, 0.4) is 0 Å². The lowest BCUT2D eigenvalue weighted by molar-refractivity contribution is 0.164.